The Morgan fingerprint density at radius 2 is 1.70 bits per heavy atom. The summed E-state index contributed by atoms with van der Waals surface area (Å²) in [6.45, 7) is 0.136. The number of aromatic nitrogens is 1. The van der Waals surface area contributed by atoms with Crippen LogP contribution < -0.4 is 4.74 Å². The van der Waals surface area contributed by atoms with Crippen molar-refractivity contribution in [2.75, 3.05) is 0 Å². The first-order valence-electron chi connectivity index (χ1n) is 7.21. The Labute approximate surface area is 134 Å². The van der Waals surface area contributed by atoms with Crippen molar-refractivity contribution in [1.82, 2.24) is 4.98 Å². The van der Waals surface area contributed by atoms with E-state index in [1.807, 2.05) is 54.6 Å². The monoisotopic (exact) mass is 305 g/mol. The molecule has 4 heteroatoms. The van der Waals surface area contributed by atoms with Crippen molar-refractivity contribution in [3.05, 3.63) is 90.3 Å². The first-order valence-corrected chi connectivity index (χ1v) is 7.21. The van der Waals surface area contributed by atoms with Gasteiger partial charge in [0.05, 0.1) is 5.56 Å². The average molecular weight is 305 g/mol. The number of hydrogen-bond donors (Lipinski definition) is 0. The van der Waals surface area contributed by atoms with Crippen LogP contribution >= 0.6 is 0 Å². The van der Waals surface area contributed by atoms with Crippen molar-refractivity contribution in [2.45, 2.75) is 6.61 Å². The molecule has 2 aromatic carbocycles. The van der Waals surface area contributed by atoms with Crippen LogP contribution in [0.15, 0.2) is 79.1 Å². The van der Waals surface area contributed by atoms with Crippen molar-refractivity contribution in [3.63, 3.8) is 0 Å². The summed E-state index contributed by atoms with van der Waals surface area (Å²) in [6, 6.07) is 20.3. The number of rotatable bonds is 5. The molecule has 0 saturated heterocycles. The normalized spacial score (nSPS) is 10.1. The van der Waals surface area contributed by atoms with E-state index in [4.69, 9.17) is 9.47 Å². The van der Waals surface area contributed by atoms with Gasteiger partial charge >= 0.3 is 5.97 Å². The molecule has 0 aliphatic heterocycles. The van der Waals surface area contributed by atoms with E-state index in [9.17, 15) is 4.79 Å². The SMILES string of the molecule is O=C(OCc1ccccc1Oc1ccccc1)c1cccnc1. The van der Waals surface area contributed by atoms with Gasteiger partial charge in [-0.2, -0.15) is 0 Å². The molecule has 4 nitrogen and oxygen atoms in total. The number of esters is 1. The number of benzene rings is 2. The van der Waals surface area contributed by atoms with Gasteiger partial charge in [0.15, 0.2) is 0 Å². The molecule has 3 rings (SSSR count). The van der Waals surface area contributed by atoms with Crippen LogP contribution in [0.5, 0.6) is 11.5 Å². The molecule has 3 aromatic rings. The maximum absolute atomic E-state index is 12.0. The summed E-state index contributed by atoms with van der Waals surface area (Å²) in [4.78, 5) is 15.9. The lowest BCUT2D eigenvalue weighted by Gasteiger charge is -2.11. The zero-order valence-corrected chi connectivity index (χ0v) is 12.4. The Hall–Kier alpha value is -3.14. The molecular weight excluding hydrogens is 290 g/mol. The standard InChI is InChI=1S/C19H15NO3/c21-19(15-8-6-12-20-13-15)22-14-16-7-4-5-11-18(16)23-17-9-2-1-3-10-17/h1-13H,14H2. The van der Waals surface area contributed by atoms with Crippen molar-refractivity contribution < 1.29 is 14.3 Å². The summed E-state index contributed by atoms with van der Waals surface area (Å²) in [5, 5.41) is 0. The summed E-state index contributed by atoms with van der Waals surface area (Å²) >= 11 is 0. The number of pyridine rings is 1. The molecule has 1 heterocycles. The van der Waals surface area contributed by atoms with E-state index in [0.717, 1.165) is 11.3 Å². The molecule has 0 fully saturated rings. The van der Waals surface area contributed by atoms with Gasteiger partial charge in [-0.15, -0.1) is 0 Å². The van der Waals surface area contributed by atoms with Gasteiger partial charge in [0.25, 0.3) is 0 Å². The van der Waals surface area contributed by atoms with Crippen LogP contribution in [0.4, 0.5) is 0 Å². The number of carbonyl (C=O) groups excluding carboxylic acids is 1. The molecule has 0 N–H and O–H groups in total. The molecule has 0 aliphatic rings. The number of para-hydroxylation sites is 2. The molecule has 0 saturated carbocycles. The van der Waals surface area contributed by atoms with Crippen LogP contribution in [0.25, 0.3) is 0 Å². The second-order valence-corrected chi connectivity index (χ2v) is 4.84. The predicted octanol–water partition coefficient (Wildman–Crippen LogP) is 4.23. The zero-order chi connectivity index (χ0) is 15.9. The Kier molecular flexibility index (Phi) is 4.64. The predicted molar refractivity (Wildman–Crippen MR) is 86.3 cm³/mol. The fourth-order valence-electron chi connectivity index (χ4n) is 2.05. The quantitative estimate of drug-likeness (QED) is 0.662. The minimum Gasteiger partial charge on any atom is -0.457 e. The van der Waals surface area contributed by atoms with E-state index in [-0.39, 0.29) is 6.61 Å². The average Bonchev–Trinajstić information content (AvgIpc) is 2.62. The fourth-order valence-corrected chi connectivity index (χ4v) is 2.05. The molecule has 0 amide bonds. The second-order valence-electron chi connectivity index (χ2n) is 4.84. The van der Waals surface area contributed by atoms with Gasteiger partial charge in [0.2, 0.25) is 0 Å². The van der Waals surface area contributed by atoms with Crippen LogP contribution in [0.3, 0.4) is 0 Å². The van der Waals surface area contributed by atoms with Crippen LogP contribution in [0, 0.1) is 0 Å². The summed E-state index contributed by atoms with van der Waals surface area (Å²) in [5.41, 5.74) is 1.22. The van der Waals surface area contributed by atoms with Crippen molar-refractivity contribution in [2.24, 2.45) is 0 Å². The summed E-state index contributed by atoms with van der Waals surface area (Å²) < 4.78 is 11.2. The smallest absolute Gasteiger partial charge is 0.340 e. The lowest BCUT2D eigenvalue weighted by atomic mass is 10.2. The highest BCUT2D eigenvalue weighted by atomic mass is 16.5. The third kappa shape index (κ3) is 3.95. The number of ether oxygens (including phenoxy) is 2. The molecule has 0 bridgehead atoms. The van der Waals surface area contributed by atoms with E-state index in [1.54, 1.807) is 18.3 Å². The van der Waals surface area contributed by atoms with E-state index in [2.05, 4.69) is 4.98 Å². The Morgan fingerprint density at radius 3 is 2.48 bits per heavy atom. The van der Waals surface area contributed by atoms with Crippen molar-refractivity contribution >= 4 is 5.97 Å². The molecule has 23 heavy (non-hydrogen) atoms. The molecule has 0 spiro atoms. The maximum Gasteiger partial charge on any atom is 0.340 e. The molecule has 0 atom stereocenters. The summed E-state index contributed by atoms with van der Waals surface area (Å²) in [6.07, 6.45) is 3.09. The zero-order valence-electron chi connectivity index (χ0n) is 12.4. The molecule has 1 aromatic heterocycles. The third-order valence-electron chi connectivity index (χ3n) is 3.20. The highest BCUT2D eigenvalue weighted by molar-refractivity contribution is 5.88. The van der Waals surface area contributed by atoms with E-state index in [0.29, 0.717) is 11.3 Å². The topological polar surface area (TPSA) is 48.4 Å². The van der Waals surface area contributed by atoms with Crippen LogP contribution in [-0.2, 0) is 11.3 Å². The minimum atomic E-state index is -0.410. The van der Waals surface area contributed by atoms with Gasteiger partial charge in [-0.05, 0) is 30.3 Å². The number of hydrogen-bond acceptors (Lipinski definition) is 4. The Morgan fingerprint density at radius 1 is 0.913 bits per heavy atom. The van der Waals surface area contributed by atoms with Gasteiger partial charge < -0.3 is 9.47 Å². The molecule has 0 radical (unpaired) electrons. The minimum absolute atomic E-state index is 0.136. The lowest BCUT2D eigenvalue weighted by Crippen LogP contribution is -2.06. The first-order chi connectivity index (χ1) is 11.3. The van der Waals surface area contributed by atoms with Crippen molar-refractivity contribution in [1.29, 1.82) is 0 Å². The number of nitrogens with zero attached hydrogens (tertiary/aromatic N) is 1. The molecule has 0 aliphatic carbocycles. The highest BCUT2D eigenvalue weighted by Gasteiger charge is 2.10. The van der Waals surface area contributed by atoms with E-state index in [1.165, 1.54) is 6.20 Å². The Bertz CT molecular complexity index is 773. The maximum atomic E-state index is 12.0. The first kappa shape index (κ1) is 14.8. The van der Waals surface area contributed by atoms with Crippen LogP contribution in [0.2, 0.25) is 0 Å². The lowest BCUT2D eigenvalue weighted by molar-refractivity contribution is 0.0470. The Balaban J connectivity index is 1.70. The van der Waals surface area contributed by atoms with Crippen molar-refractivity contribution in [3.8, 4) is 11.5 Å². The fraction of sp³-hybridized carbons (Fsp3) is 0.0526. The van der Waals surface area contributed by atoms with Gasteiger partial charge in [0.1, 0.15) is 18.1 Å². The molecule has 114 valence electrons. The third-order valence-corrected chi connectivity index (χ3v) is 3.20. The van der Waals surface area contributed by atoms with Gasteiger partial charge in [-0.1, -0.05) is 36.4 Å². The largest absolute Gasteiger partial charge is 0.457 e. The molecular formula is C19H15NO3. The van der Waals surface area contributed by atoms with Gasteiger partial charge in [-0.25, -0.2) is 4.79 Å². The second kappa shape index (κ2) is 7.22. The summed E-state index contributed by atoms with van der Waals surface area (Å²) in [5.74, 6) is 0.990. The van der Waals surface area contributed by atoms with Gasteiger partial charge in [0, 0.05) is 18.0 Å². The molecule has 0 unspecified atom stereocenters. The summed E-state index contributed by atoms with van der Waals surface area (Å²) in [7, 11) is 0. The van der Waals surface area contributed by atoms with Crippen LogP contribution in [-0.4, -0.2) is 11.0 Å². The van der Waals surface area contributed by atoms with E-state index >= 15 is 0 Å². The van der Waals surface area contributed by atoms with Gasteiger partial charge in [-0.3, -0.25) is 4.98 Å². The highest BCUT2D eigenvalue weighted by Crippen LogP contribution is 2.25. The van der Waals surface area contributed by atoms with E-state index < -0.39 is 5.97 Å². The number of carbonyl (C=O) groups is 1. The van der Waals surface area contributed by atoms with Crippen LogP contribution in [0.1, 0.15) is 15.9 Å².